The molecule has 8 heteroatoms. The van der Waals surface area contributed by atoms with Crippen molar-refractivity contribution in [1.82, 2.24) is 5.43 Å². The van der Waals surface area contributed by atoms with Crippen molar-refractivity contribution in [1.29, 1.82) is 0 Å². The Morgan fingerprint density at radius 1 is 0.838 bits per heavy atom. The van der Waals surface area contributed by atoms with Crippen molar-refractivity contribution < 1.29 is 28.5 Å². The Kier molecular flexibility index (Phi) is 10.1. The van der Waals surface area contributed by atoms with Gasteiger partial charge < -0.3 is 18.9 Å². The molecule has 0 aliphatic carbocycles. The van der Waals surface area contributed by atoms with Gasteiger partial charge in [-0.05, 0) is 85.5 Å². The van der Waals surface area contributed by atoms with E-state index in [0.717, 1.165) is 0 Å². The first-order valence-corrected chi connectivity index (χ1v) is 12.2. The van der Waals surface area contributed by atoms with Crippen LogP contribution in [-0.2, 0) is 4.79 Å². The fraction of sp³-hybridized carbons (Fsp3) is 0.276. The molecule has 1 amide bonds. The van der Waals surface area contributed by atoms with Crippen LogP contribution in [0.25, 0.3) is 0 Å². The lowest BCUT2D eigenvalue weighted by atomic mass is 10.0. The standard InChI is InChI=1S/C29H32N2O6/c1-5-34-24-14-10-23(11-15-24)29(33)37-26-16-7-21(17-27(26)35-6-2)18-30-31-28(32)19-36-25-12-8-22(9-13-25)20(3)4/h7-18,20H,5-6,19H2,1-4H3,(H,31,32)/b30-18-. The summed E-state index contributed by atoms with van der Waals surface area (Å²) in [7, 11) is 0. The topological polar surface area (TPSA) is 95.5 Å². The van der Waals surface area contributed by atoms with Gasteiger partial charge in [-0.1, -0.05) is 26.0 Å². The third-order valence-corrected chi connectivity index (χ3v) is 5.19. The van der Waals surface area contributed by atoms with Crippen molar-refractivity contribution in [3.8, 4) is 23.0 Å². The number of hydrazone groups is 1. The van der Waals surface area contributed by atoms with Crippen LogP contribution in [0.5, 0.6) is 23.0 Å². The van der Waals surface area contributed by atoms with E-state index in [-0.39, 0.29) is 12.4 Å². The van der Waals surface area contributed by atoms with Gasteiger partial charge in [-0.2, -0.15) is 5.10 Å². The van der Waals surface area contributed by atoms with Gasteiger partial charge >= 0.3 is 5.97 Å². The van der Waals surface area contributed by atoms with Crippen LogP contribution in [-0.4, -0.2) is 37.9 Å². The van der Waals surface area contributed by atoms with E-state index < -0.39 is 11.9 Å². The molecule has 0 saturated carbocycles. The first kappa shape index (κ1) is 27.3. The maximum absolute atomic E-state index is 12.6. The highest BCUT2D eigenvalue weighted by atomic mass is 16.6. The summed E-state index contributed by atoms with van der Waals surface area (Å²) in [6.07, 6.45) is 1.47. The number of ether oxygens (including phenoxy) is 4. The average molecular weight is 505 g/mol. The Balaban J connectivity index is 1.56. The summed E-state index contributed by atoms with van der Waals surface area (Å²) in [4.78, 5) is 24.7. The number of esters is 1. The zero-order valence-corrected chi connectivity index (χ0v) is 21.5. The number of amides is 1. The van der Waals surface area contributed by atoms with Crippen LogP contribution in [0.4, 0.5) is 0 Å². The van der Waals surface area contributed by atoms with Crippen LogP contribution in [0.2, 0.25) is 0 Å². The lowest BCUT2D eigenvalue weighted by Gasteiger charge is -2.11. The molecule has 0 aliphatic heterocycles. The zero-order chi connectivity index (χ0) is 26.6. The third kappa shape index (κ3) is 8.38. The number of rotatable bonds is 12. The van der Waals surface area contributed by atoms with Crippen molar-refractivity contribution >= 4 is 18.1 Å². The monoisotopic (exact) mass is 504 g/mol. The van der Waals surface area contributed by atoms with E-state index in [0.29, 0.717) is 47.5 Å². The highest BCUT2D eigenvalue weighted by Crippen LogP contribution is 2.29. The van der Waals surface area contributed by atoms with Crippen LogP contribution < -0.4 is 24.4 Å². The molecule has 0 aromatic heterocycles. The molecule has 3 rings (SSSR count). The smallest absolute Gasteiger partial charge is 0.343 e. The molecule has 3 aromatic rings. The molecule has 0 bridgehead atoms. The molecule has 0 unspecified atom stereocenters. The van der Waals surface area contributed by atoms with Gasteiger partial charge in [0.1, 0.15) is 11.5 Å². The molecule has 0 saturated heterocycles. The molecule has 3 aromatic carbocycles. The lowest BCUT2D eigenvalue weighted by Crippen LogP contribution is -2.24. The predicted octanol–water partition coefficient (Wildman–Crippen LogP) is 5.36. The molecule has 0 spiro atoms. The number of nitrogens with zero attached hydrogens (tertiary/aromatic N) is 1. The van der Waals surface area contributed by atoms with E-state index in [1.165, 1.54) is 11.8 Å². The summed E-state index contributed by atoms with van der Waals surface area (Å²) in [5.74, 6) is 1.46. The summed E-state index contributed by atoms with van der Waals surface area (Å²) < 4.78 is 22.1. The quantitative estimate of drug-likeness (QED) is 0.155. The molecule has 1 N–H and O–H groups in total. The minimum atomic E-state index is -0.517. The van der Waals surface area contributed by atoms with E-state index in [1.54, 1.807) is 42.5 Å². The van der Waals surface area contributed by atoms with Crippen molar-refractivity contribution in [2.45, 2.75) is 33.6 Å². The number of nitrogens with one attached hydrogen (secondary N) is 1. The molecule has 0 radical (unpaired) electrons. The Labute approximate surface area is 217 Å². The van der Waals surface area contributed by atoms with Crippen LogP contribution in [0.15, 0.2) is 71.8 Å². The number of hydrogen-bond acceptors (Lipinski definition) is 7. The second-order valence-corrected chi connectivity index (χ2v) is 8.29. The van der Waals surface area contributed by atoms with E-state index in [9.17, 15) is 9.59 Å². The minimum absolute atomic E-state index is 0.164. The largest absolute Gasteiger partial charge is 0.494 e. The van der Waals surface area contributed by atoms with Gasteiger partial charge in [0.15, 0.2) is 18.1 Å². The maximum Gasteiger partial charge on any atom is 0.343 e. The zero-order valence-electron chi connectivity index (χ0n) is 21.5. The molecule has 37 heavy (non-hydrogen) atoms. The van der Waals surface area contributed by atoms with Gasteiger partial charge in [-0.25, -0.2) is 10.2 Å². The average Bonchev–Trinajstić information content (AvgIpc) is 2.90. The summed E-state index contributed by atoms with van der Waals surface area (Å²) in [5.41, 5.74) is 4.67. The second kappa shape index (κ2) is 13.7. The fourth-order valence-electron chi connectivity index (χ4n) is 3.28. The Morgan fingerprint density at radius 3 is 2.14 bits per heavy atom. The van der Waals surface area contributed by atoms with Gasteiger partial charge in [-0.15, -0.1) is 0 Å². The Morgan fingerprint density at radius 2 is 1.49 bits per heavy atom. The predicted molar refractivity (Wildman–Crippen MR) is 142 cm³/mol. The Hall–Kier alpha value is -4.33. The molecular weight excluding hydrogens is 472 g/mol. The van der Waals surface area contributed by atoms with Crippen molar-refractivity contribution in [2.75, 3.05) is 19.8 Å². The van der Waals surface area contributed by atoms with Gasteiger partial charge in [0, 0.05) is 0 Å². The van der Waals surface area contributed by atoms with Gasteiger partial charge in [0.05, 0.1) is 25.0 Å². The Bertz CT molecular complexity index is 1200. The van der Waals surface area contributed by atoms with E-state index >= 15 is 0 Å². The number of carbonyl (C=O) groups is 2. The molecule has 8 nitrogen and oxygen atoms in total. The third-order valence-electron chi connectivity index (χ3n) is 5.19. The van der Waals surface area contributed by atoms with Gasteiger partial charge in [0.2, 0.25) is 0 Å². The number of benzene rings is 3. The maximum atomic E-state index is 12.6. The SMILES string of the molecule is CCOc1ccc(C(=O)Oc2ccc(/C=N\NC(=O)COc3ccc(C(C)C)cc3)cc2OCC)cc1. The normalized spacial score (nSPS) is 10.8. The van der Waals surface area contributed by atoms with Crippen molar-refractivity contribution in [3.63, 3.8) is 0 Å². The highest BCUT2D eigenvalue weighted by molar-refractivity contribution is 5.92. The first-order valence-electron chi connectivity index (χ1n) is 12.2. The van der Waals surface area contributed by atoms with E-state index in [1.807, 2.05) is 38.1 Å². The van der Waals surface area contributed by atoms with E-state index in [4.69, 9.17) is 18.9 Å². The molecular formula is C29H32N2O6. The summed E-state index contributed by atoms with van der Waals surface area (Å²) in [6, 6.07) is 19.3. The van der Waals surface area contributed by atoms with Crippen LogP contribution in [0, 0.1) is 0 Å². The molecule has 0 aliphatic rings. The fourth-order valence-corrected chi connectivity index (χ4v) is 3.28. The summed E-state index contributed by atoms with van der Waals surface area (Å²) in [6.45, 7) is 8.70. The second-order valence-electron chi connectivity index (χ2n) is 8.29. The summed E-state index contributed by atoms with van der Waals surface area (Å²) >= 11 is 0. The van der Waals surface area contributed by atoms with Crippen LogP contribution in [0.3, 0.4) is 0 Å². The molecule has 0 fully saturated rings. The number of hydrogen-bond donors (Lipinski definition) is 1. The van der Waals surface area contributed by atoms with Crippen LogP contribution >= 0.6 is 0 Å². The first-order chi connectivity index (χ1) is 17.9. The number of carbonyl (C=O) groups excluding carboxylic acids is 2. The van der Waals surface area contributed by atoms with Gasteiger partial charge in [-0.3, -0.25) is 4.79 Å². The summed E-state index contributed by atoms with van der Waals surface area (Å²) in [5, 5.41) is 3.97. The molecule has 0 heterocycles. The van der Waals surface area contributed by atoms with Crippen molar-refractivity contribution in [3.05, 3.63) is 83.4 Å². The lowest BCUT2D eigenvalue weighted by molar-refractivity contribution is -0.123. The van der Waals surface area contributed by atoms with Crippen LogP contribution in [0.1, 0.15) is 55.1 Å². The highest BCUT2D eigenvalue weighted by Gasteiger charge is 2.13. The van der Waals surface area contributed by atoms with Crippen molar-refractivity contribution in [2.24, 2.45) is 5.10 Å². The molecule has 194 valence electrons. The minimum Gasteiger partial charge on any atom is -0.494 e. The molecule has 0 atom stereocenters. The van der Waals surface area contributed by atoms with Gasteiger partial charge in [0.25, 0.3) is 5.91 Å². The van der Waals surface area contributed by atoms with E-state index in [2.05, 4.69) is 24.4 Å².